The van der Waals surface area contributed by atoms with E-state index in [1.54, 1.807) is 0 Å². The molecule has 2 aromatic rings. The van der Waals surface area contributed by atoms with Gasteiger partial charge < -0.3 is 16.0 Å². The van der Waals surface area contributed by atoms with Crippen LogP contribution in [0.1, 0.15) is 10.9 Å². The lowest BCUT2D eigenvalue weighted by Crippen LogP contribution is -2.27. The maximum atomic E-state index is 12.1. The monoisotopic (exact) mass is 275 g/mol. The second-order valence-electron chi connectivity index (χ2n) is 4.39. The highest BCUT2D eigenvalue weighted by atomic mass is 32.1. The van der Waals surface area contributed by atoms with Gasteiger partial charge in [-0.05, 0) is 23.6 Å². The van der Waals surface area contributed by atoms with Gasteiger partial charge in [-0.15, -0.1) is 11.3 Å². The van der Waals surface area contributed by atoms with Gasteiger partial charge in [0, 0.05) is 19.0 Å². The van der Waals surface area contributed by atoms with Crippen molar-refractivity contribution in [1.82, 2.24) is 0 Å². The van der Waals surface area contributed by atoms with Crippen molar-refractivity contribution in [1.29, 1.82) is 0 Å². The lowest BCUT2D eigenvalue weighted by Gasteiger charge is -2.19. The molecule has 0 radical (unpaired) electrons. The van der Waals surface area contributed by atoms with Crippen molar-refractivity contribution < 1.29 is 4.79 Å². The molecule has 1 heterocycles. The zero-order valence-electron chi connectivity index (χ0n) is 11.0. The van der Waals surface area contributed by atoms with E-state index in [-0.39, 0.29) is 5.91 Å². The van der Waals surface area contributed by atoms with Gasteiger partial charge in [0.05, 0.1) is 11.4 Å². The molecule has 1 aromatic carbocycles. The Balaban J connectivity index is 2.15. The quantitative estimate of drug-likeness (QED) is 0.901. The number of rotatable bonds is 4. The molecule has 0 saturated carbocycles. The molecule has 19 heavy (non-hydrogen) atoms. The number of nitrogens with two attached hydrogens (primary N) is 1. The Bertz CT molecular complexity index is 552. The second kappa shape index (κ2) is 5.86. The average Bonchev–Trinajstić information content (AvgIpc) is 2.92. The van der Waals surface area contributed by atoms with Crippen molar-refractivity contribution in [3.8, 4) is 0 Å². The van der Waals surface area contributed by atoms with E-state index >= 15 is 0 Å². The SMILES string of the molecule is CN(C)c1ccccc1NC(=O)C(N)c1cccs1. The highest BCUT2D eigenvalue weighted by Gasteiger charge is 2.18. The summed E-state index contributed by atoms with van der Waals surface area (Å²) in [6.07, 6.45) is 0. The van der Waals surface area contributed by atoms with Crippen LogP contribution < -0.4 is 16.0 Å². The first-order valence-electron chi connectivity index (χ1n) is 5.96. The van der Waals surface area contributed by atoms with Crippen LogP contribution in [-0.2, 0) is 4.79 Å². The number of amides is 1. The van der Waals surface area contributed by atoms with Crippen LogP contribution in [0.2, 0.25) is 0 Å². The molecule has 0 aliphatic carbocycles. The molecule has 5 heteroatoms. The third-order valence-electron chi connectivity index (χ3n) is 2.78. The molecule has 0 aliphatic heterocycles. The van der Waals surface area contributed by atoms with Crippen LogP contribution in [0.4, 0.5) is 11.4 Å². The molecule has 0 spiro atoms. The van der Waals surface area contributed by atoms with Crippen molar-refractivity contribution in [2.45, 2.75) is 6.04 Å². The van der Waals surface area contributed by atoms with E-state index in [0.717, 1.165) is 16.3 Å². The van der Waals surface area contributed by atoms with Crippen molar-refractivity contribution in [3.63, 3.8) is 0 Å². The van der Waals surface area contributed by atoms with Gasteiger partial charge in [0.2, 0.25) is 5.91 Å². The Morgan fingerprint density at radius 1 is 1.26 bits per heavy atom. The molecule has 2 rings (SSSR count). The normalized spacial score (nSPS) is 11.9. The van der Waals surface area contributed by atoms with Gasteiger partial charge in [-0.1, -0.05) is 18.2 Å². The third-order valence-corrected chi connectivity index (χ3v) is 3.73. The van der Waals surface area contributed by atoms with E-state index in [4.69, 9.17) is 5.73 Å². The van der Waals surface area contributed by atoms with Crippen LogP contribution in [-0.4, -0.2) is 20.0 Å². The number of para-hydroxylation sites is 2. The summed E-state index contributed by atoms with van der Waals surface area (Å²) in [5.74, 6) is -0.197. The molecule has 4 nitrogen and oxygen atoms in total. The van der Waals surface area contributed by atoms with Crippen LogP contribution in [0.5, 0.6) is 0 Å². The molecule has 1 atom stereocenters. The molecule has 0 fully saturated rings. The van der Waals surface area contributed by atoms with Crippen LogP contribution >= 0.6 is 11.3 Å². The fourth-order valence-corrected chi connectivity index (χ4v) is 2.50. The summed E-state index contributed by atoms with van der Waals surface area (Å²) < 4.78 is 0. The first-order valence-corrected chi connectivity index (χ1v) is 6.84. The minimum absolute atomic E-state index is 0.197. The van der Waals surface area contributed by atoms with E-state index in [2.05, 4.69) is 5.32 Å². The lowest BCUT2D eigenvalue weighted by atomic mass is 10.2. The Labute approximate surface area is 116 Å². The number of hydrogen-bond acceptors (Lipinski definition) is 4. The summed E-state index contributed by atoms with van der Waals surface area (Å²) in [6.45, 7) is 0. The van der Waals surface area contributed by atoms with Gasteiger partial charge in [-0.3, -0.25) is 4.79 Å². The highest BCUT2D eigenvalue weighted by molar-refractivity contribution is 7.10. The first kappa shape index (κ1) is 13.6. The summed E-state index contributed by atoms with van der Waals surface area (Å²) in [4.78, 5) is 14.9. The number of nitrogens with zero attached hydrogens (tertiary/aromatic N) is 1. The number of carbonyl (C=O) groups is 1. The summed E-state index contributed by atoms with van der Waals surface area (Å²) in [5, 5.41) is 4.79. The average molecular weight is 275 g/mol. The molecule has 1 aromatic heterocycles. The lowest BCUT2D eigenvalue weighted by molar-refractivity contribution is -0.117. The van der Waals surface area contributed by atoms with Gasteiger partial charge in [-0.2, -0.15) is 0 Å². The smallest absolute Gasteiger partial charge is 0.246 e. The zero-order valence-corrected chi connectivity index (χ0v) is 11.8. The first-order chi connectivity index (χ1) is 9.09. The number of carbonyl (C=O) groups excluding carboxylic acids is 1. The fraction of sp³-hybridized carbons (Fsp3) is 0.214. The van der Waals surface area contributed by atoms with E-state index < -0.39 is 6.04 Å². The molecule has 0 saturated heterocycles. The Morgan fingerprint density at radius 3 is 2.63 bits per heavy atom. The van der Waals surface area contributed by atoms with E-state index in [1.165, 1.54) is 11.3 Å². The largest absolute Gasteiger partial charge is 0.376 e. The predicted molar refractivity (Wildman–Crippen MR) is 80.6 cm³/mol. The second-order valence-corrected chi connectivity index (χ2v) is 5.37. The highest BCUT2D eigenvalue weighted by Crippen LogP contribution is 2.25. The van der Waals surface area contributed by atoms with Gasteiger partial charge in [0.1, 0.15) is 6.04 Å². The Kier molecular flexibility index (Phi) is 4.19. The summed E-state index contributed by atoms with van der Waals surface area (Å²) in [7, 11) is 3.87. The van der Waals surface area contributed by atoms with E-state index in [0.29, 0.717) is 0 Å². The van der Waals surface area contributed by atoms with E-state index in [1.807, 2.05) is 60.8 Å². The van der Waals surface area contributed by atoms with Gasteiger partial charge >= 0.3 is 0 Å². The number of benzene rings is 1. The molecule has 3 N–H and O–H groups in total. The zero-order chi connectivity index (χ0) is 13.8. The van der Waals surface area contributed by atoms with E-state index in [9.17, 15) is 4.79 Å². The van der Waals surface area contributed by atoms with Crippen molar-refractivity contribution >= 4 is 28.6 Å². The number of thiophene rings is 1. The maximum absolute atomic E-state index is 12.1. The summed E-state index contributed by atoms with van der Waals surface area (Å²) >= 11 is 1.48. The fourth-order valence-electron chi connectivity index (χ4n) is 1.78. The van der Waals surface area contributed by atoms with Crippen LogP contribution in [0.25, 0.3) is 0 Å². The predicted octanol–water partition coefficient (Wildman–Crippen LogP) is 2.45. The third kappa shape index (κ3) is 3.13. The summed E-state index contributed by atoms with van der Waals surface area (Å²) in [5.41, 5.74) is 7.66. The number of anilines is 2. The van der Waals surface area contributed by atoms with Crippen LogP contribution in [0.15, 0.2) is 41.8 Å². The van der Waals surface area contributed by atoms with Gasteiger partial charge in [0.25, 0.3) is 0 Å². The van der Waals surface area contributed by atoms with Crippen LogP contribution in [0, 0.1) is 0 Å². The molecular weight excluding hydrogens is 258 g/mol. The van der Waals surface area contributed by atoms with Crippen molar-refractivity contribution in [2.75, 3.05) is 24.3 Å². The maximum Gasteiger partial charge on any atom is 0.246 e. The molecule has 0 bridgehead atoms. The number of hydrogen-bond donors (Lipinski definition) is 2. The Hall–Kier alpha value is -1.85. The van der Waals surface area contributed by atoms with Crippen molar-refractivity contribution in [2.24, 2.45) is 5.73 Å². The molecular formula is C14H17N3OS. The molecule has 0 aliphatic rings. The topological polar surface area (TPSA) is 58.4 Å². The summed E-state index contributed by atoms with van der Waals surface area (Å²) in [6, 6.07) is 10.8. The Morgan fingerprint density at radius 2 is 2.00 bits per heavy atom. The van der Waals surface area contributed by atoms with Gasteiger partial charge in [-0.25, -0.2) is 0 Å². The standard InChI is InChI=1S/C14H17N3OS/c1-17(2)11-7-4-3-6-10(11)16-14(18)13(15)12-8-5-9-19-12/h3-9,13H,15H2,1-2H3,(H,16,18). The molecule has 100 valence electrons. The molecule has 1 amide bonds. The van der Waals surface area contributed by atoms with Crippen LogP contribution in [0.3, 0.4) is 0 Å². The van der Waals surface area contributed by atoms with Gasteiger partial charge in [0.15, 0.2) is 0 Å². The number of nitrogens with one attached hydrogen (secondary N) is 1. The minimum atomic E-state index is -0.629. The molecule has 1 unspecified atom stereocenters. The van der Waals surface area contributed by atoms with Crippen molar-refractivity contribution in [3.05, 3.63) is 46.7 Å². The minimum Gasteiger partial charge on any atom is -0.376 e.